The van der Waals surface area contributed by atoms with Crippen LogP contribution in [0.25, 0.3) is 0 Å². The van der Waals surface area contributed by atoms with Crippen LogP contribution in [0.3, 0.4) is 0 Å². The summed E-state index contributed by atoms with van der Waals surface area (Å²) in [5, 5.41) is 5.22. The predicted octanol–water partition coefficient (Wildman–Crippen LogP) is 4.31. The van der Waals surface area contributed by atoms with Crippen LogP contribution >= 0.6 is 0 Å². The summed E-state index contributed by atoms with van der Waals surface area (Å²) >= 11 is 0. The maximum atomic E-state index is 13.4. The van der Waals surface area contributed by atoms with Gasteiger partial charge in [0.2, 0.25) is 0 Å². The molecule has 2 amide bonds. The van der Waals surface area contributed by atoms with Crippen LogP contribution in [0.5, 0.6) is 17.2 Å². The van der Waals surface area contributed by atoms with Crippen LogP contribution in [0.2, 0.25) is 0 Å². The number of benzene rings is 3. The van der Waals surface area contributed by atoms with Gasteiger partial charge in [0.1, 0.15) is 17.3 Å². The van der Waals surface area contributed by atoms with Crippen molar-refractivity contribution in [1.29, 1.82) is 0 Å². The van der Waals surface area contributed by atoms with E-state index in [-0.39, 0.29) is 11.8 Å². The van der Waals surface area contributed by atoms with Gasteiger partial charge in [-0.2, -0.15) is 0 Å². The lowest BCUT2D eigenvalue weighted by Gasteiger charge is -2.15. The topological polar surface area (TPSA) is 76.7 Å². The van der Waals surface area contributed by atoms with Gasteiger partial charge >= 0.3 is 11.8 Å². The zero-order chi connectivity index (χ0) is 22.2. The number of para-hydroxylation sites is 2. The minimum atomic E-state index is -0.826. The van der Waals surface area contributed by atoms with Crippen LogP contribution in [0.1, 0.15) is 12.5 Å². The lowest BCUT2D eigenvalue weighted by molar-refractivity contribution is -0.136. The molecule has 3 rings (SSSR count). The summed E-state index contributed by atoms with van der Waals surface area (Å²) in [5.74, 6) is -0.743. The lowest BCUT2D eigenvalue weighted by atomic mass is 10.1. The summed E-state index contributed by atoms with van der Waals surface area (Å²) in [4.78, 5) is 24.7. The van der Waals surface area contributed by atoms with E-state index in [0.717, 1.165) is 11.3 Å². The van der Waals surface area contributed by atoms with Crippen molar-refractivity contribution >= 4 is 17.5 Å². The second kappa shape index (κ2) is 10.2. The summed E-state index contributed by atoms with van der Waals surface area (Å²) in [6, 6.07) is 19.5. The van der Waals surface area contributed by atoms with Gasteiger partial charge in [0.25, 0.3) is 0 Å². The fourth-order valence-corrected chi connectivity index (χ4v) is 2.99. The molecule has 31 heavy (non-hydrogen) atoms. The first kappa shape index (κ1) is 21.8. The molecule has 1 unspecified atom stereocenters. The minimum Gasteiger partial charge on any atom is -0.497 e. The minimum absolute atomic E-state index is 0.274. The molecule has 0 heterocycles. The molecule has 0 aliphatic rings. The van der Waals surface area contributed by atoms with E-state index in [9.17, 15) is 14.0 Å². The summed E-state index contributed by atoms with van der Waals surface area (Å²) in [7, 11) is 1.59. The summed E-state index contributed by atoms with van der Waals surface area (Å²) < 4.78 is 24.2. The van der Waals surface area contributed by atoms with Gasteiger partial charge in [0.15, 0.2) is 5.75 Å². The predicted molar refractivity (Wildman–Crippen MR) is 116 cm³/mol. The number of carbonyl (C=O) groups is 2. The van der Waals surface area contributed by atoms with Gasteiger partial charge < -0.3 is 20.1 Å². The molecular formula is C24H23FN2O4. The van der Waals surface area contributed by atoms with Crippen LogP contribution in [0.4, 0.5) is 10.1 Å². The molecule has 160 valence electrons. The first-order chi connectivity index (χ1) is 14.9. The molecular weight excluding hydrogens is 399 g/mol. The highest BCUT2D eigenvalue weighted by Crippen LogP contribution is 2.29. The molecule has 0 bridgehead atoms. The van der Waals surface area contributed by atoms with Crippen molar-refractivity contribution in [3.63, 3.8) is 0 Å². The number of hydrogen-bond acceptors (Lipinski definition) is 4. The van der Waals surface area contributed by atoms with E-state index in [1.807, 2.05) is 31.2 Å². The highest BCUT2D eigenvalue weighted by Gasteiger charge is 2.18. The molecule has 0 fully saturated rings. The second-order valence-corrected chi connectivity index (χ2v) is 6.94. The SMILES string of the molecule is COc1cccc(CC(C)NC(=O)C(=O)Nc2ccccc2Oc2cccc(F)c2)c1. The first-order valence-electron chi connectivity index (χ1n) is 9.72. The Hall–Kier alpha value is -3.87. The Balaban J connectivity index is 1.61. The highest BCUT2D eigenvalue weighted by molar-refractivity contribution is 6.39. The molecule has 1 atom stereocenters. The molecule has 0 aliphatic heterocycles. The molecule has 6 nitrogen and oxygen atoms in total. The smallest absolute Gasteiger partial charge is 0.313 e. The molecule has 0 saturated heterocycles. The number of amides is 2. The van der Waals surface area contributed by atoms with Crippen LogP contribution in [0, 0.1) is 5.82 Å². The molecule has 0 aromatic heterocycles. The van der Waals surface area contributed by atoms with Crippen molar-refractivity contribution in [2.45, 2.75) is 19.4 Å². The van der Waals surface area contributed by atoms with E-state index >= 15 is 0 Å². The number of anilines is 1. The lowest BCUT2D eigenvalue weighted by Crippen LogP contribution is -2.41. The number of hydrogen-bond donors (Lipinski definition) is 2. The number of nitrogens with one attached hydrogen (secondary N) is 2. The molecule has 0 saturated carbocycles. The number of methoxy groups -OCH3 is 1. The van der Waals surface area contributed by atoms with Crippen LogP contribution in [-0.2, 0) is 16.0 Å². The molecule has 3 aromatic carbocycles. The van der Waals surface area contributed by atoms with Crippen LogP contribution < -0.4 is 20.1 Å². The molecule has 3 aromatic rings. The maximum absolute atomic E-state index is 13.4. The van der Waals surface area contributed by atoms with E-state index in [0.29, 0.717) is 17.9 Å². The summed E-state index contributed by atoms with van der Waals surface area (Å²) in [6.45, 7) is 1.81. The van der Waals surface area contributed by atoms with Crippen molar-refractivity contribution in [2.24, 2.45) is 0 Å². The molecule has 2 N–H and O–H groups in total. The summed E-state index contributed by atoms with van der Waals surface area (Å²) in [5.41, 5.74) is 1.27. The molecule has 0 aliphatic carbocycles. The number of ether oxygens (including phenoxy) is 2. The van der Waals surface area contributed by atoms with Gasteiger partial charge in [-0.05, 0) is 55.3 Å². The van der Waals surface area contributed by atoms with E-state index in [2.05, 4.69) is 10.6 Å². The van der Waals surface area contributed by atoms with E-state index in [4.69, 9.17) is 9.47 Å². The Labute approximate surface area is 180 Å². The van der Waals surface area contributed by atoms with Gasteiger partial charge in [-0.25, -0.2) is 4.39 Å². The van der Waals surface area contributed by atoms with Crippen molar-refractivity contribution < 1.29 is 23.5 Å². The highest BCUT2D eigenvalue weighted by atomic mass is 19.1. The maximum Gasteiger partial charge on any atom is 0.313 e. The van der Waals surface area contributed by atoms with Crippen LogP contribution in [-0.4, -0.2) is 25.0 Å². The Morgan fingerprint density at radius 1 is 0.935 bits per heavy atom. The quantitative estimate of drug-likeness (QED) is 0.556. The van der Waals surface area contributed by atoms with Crippen LogP contribution in [0.15, 0.2) is 72.8 Å². The zero-order valence-corrected chi connectivity index (χ0v) is 17.2. The van der Waals surface area contributed by atoms with Crippen molar-refractivity contribution in [1.82, 2.24) is 5.32 Å². The van der Waals surface area contributed by atoms with Gasteiger partial charge in [0.05, 0.1) is 12.8 Å². The standard InChI is InChI=1S/C24H23FN2O4/c1-16(13-17-7-5-9-19(14-17)30-2)26-23(28)24(29)27-21-11-3-4-12-22(21)31-20-10-6-8-18(25)15-20/h3-12,14-16H,13H2,1-2H3,(H,26,28)(H,27,29). The van der Waals surface area contributed by atoms with Gasteiger partial charge in [-0.3, -0.25) is 9.59 Å². The fourth-order valence-electron chi connectivity index (χ4n) is 2.99. The molecule has 0 radical (unpaired) electrons. The van der Waals surface area contributed by atoms with E-state index in [1.165, 1.54) is 18.2 Å². The van der Waals surface area contributed by atoms with Gasteiger partial charge in [0, 0.05) is 12.1 Å². The Kier molecular flexibility index (Phi) is 7.22. The van der Waals surface area contributed by atoms with Crippen molar-refractivity contribution in [2.75, 3.05) is 12.4 Å². The van der Waals surface area contributed by atoms with Crippen molar-refractivity contribution in [3.05, 3.63) is 84.2 Å². The van der Waals surface area contributed by atoms with Gasteiger partial charge in [-0.15, -0.1) is 0 Å². The molecule has 7 heteroatoms. The number of rotatable bonds is 7. The first-order valence-corrected chi connectivity index (χ1v) is 9.72. The Bertz CT molecular complexity index is 1070. The number of halogens is 1. The zero-order valence-electron chi connectivity index (χ0n) is 17.2. The third kappa shape index (κ3) is 6.30. The second-order valence-electron chi connectivity index (χ2n) is 6.94. The third-order valence-electron chi connectivity index (χ3n) is 4.42. The van der Waals surface area contributed by atoms with E-state index < -0.39 is 17.6 Å². The monoisotopic (exact) mass is 422 g/mol. The average Bonchev–Trinajstić information content (AvgIpc) is 2.75. The Morgan fingerprint density at radius 3 is 2.45 bits per heavy atom. The summed E-state index contributed by atoms with van der Waals surface area (Å²) in [6.07, 6.45) is 0.537. The van der Waals surface area contributed by atoms with Crippen molar-refractivity contribution in [3.8, 4) is 17.2 Å². The fraction of sp³-hybridized carbons (Fsp3) is 0.167. The molecule has 0 spiro atoms. The normalized spacial score (nSPS) is 11.3. The third-order valence-corrected chi connectivity index (χ3v) is 4.42. The Morgan fingerprint density at radius 2 is 1.68 bits per heavy atom. The van der Waals surface area contributed by atoms with E-state index in [1.54, 1.807) is 37.4 Å². The average molecular weight is 422 g/mol. The largest absolute Gasteiger partial charge is 0.497 e. The van der Waals surface area contributed by atoms with Gasteiger partial charge in [-0.1, -0.05) is 30.3 Å². The number of carbonyl (C=O) groups excluding carboxylic acids is 2.